The minimum absolute atomic E-state index is 0.193. The zero-order valence-electron chi connectivity index (χ0n) is 10.2. The zero-order valence-corrected chi connectivity index (χ0v) is 10.2. The maximum atomic E-state index is 12.8. The minimum atomic E-state index is -5.64. The van der Waals surface area contributed by atoms with Crippen molar-refractivity contribution in [2.45, 2.75) is 39.8 Å². The molecule has 0 bridgehead atoms. The smallest absolute Gasteiger partial charge is 0.336 e. The van der Waals surface area contributed by atoms with Crippen molar-refractivity contribution in [2.24, 2.45) is 5.41 Å². The molecule has 0 atom stereocenters. The van der Waals surface area contributed by atoms with Crippen molar-refractivity contribution in [3.63, 3.8) is 0 Å². The number of hydrogen-bond acceptors (Lipinski definition) is 1. The molecule has 0 aliphatic carbocycles. The topological polar surface area (TPSA) is 20.3 Å². The van der Waals surface area contributed by atoms with E-state index in [1.165, 1.54) is 27.7 Å². The molecule has 0 radical (unpaired) electrons. The predicted octanol–water partition coefficient (Wildman–Crippen LogP) is 3.08. The van der Waals surface area contributed by atoms with Gasteiger partial charge in [-0.2, -0.15) is 22.0 Å². The normalized spacial score (nSPS) is 13.7. The molecule has 7 heteroatoms. The quantitative estimate of drug-likeness (QED) is 0.715. The lowest BCUT2D eigenvalue weighted by Crippen LogP contribution is -2.51. The molecule has 0 saturated heterocycles. The van der Waals surface area contributed by atoms with Crippen LogP contribution in [0.25, 0.3) is 0 Å². The van der Waals surface area contributed by atoms with Crippen molar-refractivity contribution in [2.75, 3.05) is 13.1 Å². The summed E-state index contributed by atoms with van der Waals surface area (Å²) in [4.78, 5) is 12.1. The van der Waals surface area contributed by atoms with E-state index in [1.807, 2.05) is 0 Å². The predicted molar refractivity (Wildman–Crippen MR) is 52.7 cm³/mol. The van der Waals surface area contributed by atoms with Gasteiger partial charge in [0.2, 0.25) is 5.91 Å². The van der Waals surface area contributed by atoms with Crippen LogP contribution in [0.5, 0.6) is 0 Å². The lowest BCUT2D eigenvalue weighted by molar-refractivity contribution is -0.285. The van der Waals surface area contributed by atoms with Gasteiger partial charge in [0, 0.05) is 12.0 Å². The fraction of sp³-hybridized carbons (Fsp3) is 0.900. The molecule has 1 amide bonds. The molecule has 0 heterocycles. The van der Waals surface area contributed by atoms with E-state index in [4.69, 9.17) is 0 Å². The number of carbonyl (C=O) groups is 1. The van der Waals surface area contributed by atoms with Crippen LogP contribution in [0.15, 0.2) is 0 Å². The molecule has 17 heavy (non-hydrogen) atoms. The number of nitrogens with zero attached hydrogens (tertiary/aromatic N) is 1. The third kappa shape index (κ3) is 4.12. The Morgan fingerprint density at radius 2 is 1.47 bits per heavy atom. The Labute approximate surface area is 96.8 Å². The molecule has 0 aromatic heterocycles. The Balaban J connectivity index is 4.91. The highest BCUT2D eigenvalue weighted by atomic mass is 19.4. The van der Waals surface area contributed by atoms with Crippen molar-refractivity contribution in [1.29, 1.82) is 0 Å². The monoisotopic (exact) mass is 261 g/mol. The van der Waals surface area contributed by atoms with Gasteiger partial charge in [-0.25, -0.2) is 0 Å². The molecule has 0 N–H and O–H groups in total. The fourth-order valence-electron chi connectivity index (χ4n) is 1.13. The van der Waals surface area contributed by atoms with Gasteiger partial charge in [-0.15, -0.1) is 0 Å². The SMILES string of the molecule is CCN(CC(F)(F)C(F)(F)F)C(=O)C(C)(C)C. The van der Waals surface area contributed by atoms with Gasteiger partial charge in [0.25, 0.3) is 0 Å². The summed E-state index contributed by atoms with van der Waals surface area (Å²) in [5, 5.41) is 0. The second-order valence-electron chi connectivity index (χ2n) is 4.77. The average Bonchev–Trinajstić information content (AvgIpc) is 2.09. The standard InChI is InChI=1S/C10H16F5NO/c1-5-16(7(17)8(2,3)4)6-9(11,12)10(13,14)15/h5-6H2,1-4H3. The fourth-order valence-corrected chi connectivity index (χ4v) is 1.13. The van der Waals surface area contributed by atoms with E-state index in [0.29, 0.717) is 4.90 Å². The summed E-state index contributed by atoms with van der Waals surface area (Å²) in [5.41, 5.74) is -0.988. The van der Waals surface area contributed by atoms with Crippen LogP contribution in [0.2, 0.25) is 0 Å². The molecule has 102 valence electrons. The maximum Gasteiger partial charge on any atom is 0.455 e. The Kier molecular flexibility index (Phi) is 4.53. The van der Waals surface area contributed by atoms with E-state index >= 15 is 0 Å². The van der Waals surface area contributed by atoms with Gasteiger partial charge in [0.1, 0.15) is 0 Å². The van der Waals surface area contributed by atoms with E-state index in [9.17, 15) is 26.7 Å². The highest BCUT2D eigenvalue weighted by Crippen LogP contribution is 2.36. The van der Waals surface area contributed by atoms with Crippen LogP contribution in [-0.4, -0.2) is 36.0 Å². The molecule has 0 fully saturated rings. The number of alkyl halides is 5. The van der Waals surface area contributed by atoms with Gasteiger partial charge in [-0.05, 0) is 6.92 Å². The Hall–Kier alpha value is -0.880. The zero-order chi connectivity index (χ0) is 14.1. The van der Waals surface area contributed by atoms with Crippen LogP contribution in [-0.2, 0) is 4.79 Å². The van der Waals surface area contributed by atoms with Crippen molar-refractivity contribution in [1.82, 2.24) is 4.90 Å². The van der Waals surface area contributed by atoms with Gasteiger partial charge in [0.05, 0.1) is 6.54 Å². The number of rotatable bonds is 3. The molecule has 0 unspecified atom stereocenters. The van der Waals surface area contributed by atoms with Crippen LogP contribution < -0.4 is 0 Å². The summed E-state index contributed by atoms with van der Waals surface area (Å²) in [6.45, 7) is 3.91. The van der Waals surface area contributed by atoms with Gasteiger partial charge in [-0.3, -0.25) is 4.79 Å². The first-order valence-corrected chi connectivity index (χ1v) is 5.07. The van der Waals surface area contributed by atoms with Gasteiger partial charge in [0.15, 0.2) is 0 Å². The summed E-state index contributed by atoms with van der Waals surface area (Å²) in [7, 11) is 0. The Morgan fingerprint density at radius 1 is 1.06 bits per heavy atom. The summed E-state index contributed by atoms with van der Waals surface area (Å²) in [5.74, 6) is -5.62. The molecule has 0 aromatic rings. The molecule has 0 saturated carbocycles. The van der Waals surface area contributed by atoms with E-state index in [1.54, 1.807) is 0 Å². The molecule has 0 spiro atoms. The summed E-state index contributed by atoms with van der Waals surface area (Å²) in [6, 6.07) is 0. The number of carbonyl (C=O) groups excluding carboxylic acids is 1. The number of hydrogen-bond donors (Lipinski definition) is 0. The largest absolute Gasteiger partial charge is 0.455 e. The minimum Gasteiger partial charge on any atom is -0.336 e. The van der Waals surface area contributed by atoms with Gasteiger partial charge in [-0.1, -0.05) is 20.8 Å². The van der Waals surface area contributed by atoms with E-state index in [-0.39, 0.29) is 6.54 Å². The lowest BCUT2D eigenvalue weighted by atomic mass is 9.94. The summed E-state index contributed by atoms with van der Waals surface area (Å²) < 4.78 is 61.6. The Morgan fingerprint density at radius 3 is 1.71 bits per heavy atom. The molecule has 0 aromatic carbocycles. The molecule has 0 aliphatic rings. The third-order valence-corrected chi connectivity index (χ3v) is 2.11. The van der Waals surface area contributed by atoms with E-state index in [0.717, 1.165) is 0 Å². The number of amides is 1. The number of halogens is 5. The summed E-state index contributed by atoms with van der Waals surface area (Å²) in [6.07, 6.45) is -5.64. The first-order valence-electron chi connectivity index (χ1n) is 5.07. The van der Waals surface area contributed by atoms with Crippen LogP contribution in [0, 0.1) is 5.41 Å². The van der Waals surface area contributed by atoms with Gasteiger partial charge < -0.3 is 4.90 Å². The molecule has 2 nitrogen and oxygen atoms in total. The second kappa shape index (κ2) is 4.78. The van der Waals surface area contributed by atoms with Crippen molar-refractivity contribution < 1.29 is 26.7 Å². The molecular formula is C10H16F5NO. The van der Waals surface area contributed by atoms with Crippen molar-refractivity contribution in [3.8, 4) is 0 Å². The molecular weight excluding hydrogens is 245 g/mol. The highest BCUT2D eigenvalue weighted by molar-refractivity contribution is 5.81. The van der Waals surface area contributed by atoms with Crippen LogP contribution >= 0.6 is 0 Å². The van der Waals surface area contributed by atoms with E-state index in [2.05, 4.69) is 0 Å². The third-order valence-electron chi connectivity index (χ3n) is 2.11. The average molecular weight is 261 g/mol. The first-order chi connectivity index (χ1) is 7.33. The molecule has 0 rings (SSSR count). The van der Waals surface area contributed by atoms with E-state index < -0.39 is 30.0 Å². The van der Waals surface area contributed by atoms with Crippen LogP contribution in [0.1, 0.15) is 27.7 Å². The molecule has 0 aliphatic heterocycles. The highest BCUT2D eigenvalue weighted by Gasteiger charge is 2.58. The van der Waals surface area contributed by atoms with Crippen LogP contribution in [0.4, 0.5) is 22.0 Å². The maximum absolute atomic E-state index is 12.8. The first kappa shape index (κ1) is 16.1. The van der Waals surface area contributed by atoms with Gasteiger partial charge >= 0.3 is 12.1 Å². The second-order valence-corrected chi connectivity index (χ2v) is 4.77. The summed E-state index contributed by atoms with van der Waals surface area (Å²) >= 11 is 0. The lowest BCUT2D eigenvalue weighted by Gasteiger charge is -2.32. The Bertz CT molecular complexity index is 279. The van der Waals surface area contributed by atoms with Crippen molar-refractivity contribution >= 4 is 5.91 Å². The van der Waals surface area contributed by atoms with Crippen LogP contribution in [0.3, 0.4) is 0 Å². The van der Waals surface area contributed by atoms with Crippen molar-refractivity contribution in [3.05, 3.63) is 0 Å².